The van der Waals surface area contributed by atoms with E-state index in [1.807, 2.05) is 6.92 Å². The molecule has 0 atom stereocenters. The van der Waals surface area contributed by atoms with Crippen LogP contribution in [0.3, 0.4) is 0 Å². The van der Waals surface area contributed by atoms with Crippen LogP contribution in [0.25, 0.3) is 0 Å². The third kappa shape index (κ3) is 2.71. The number of hydrogen-bond acceptors (Lipinski definition) is 4. The molecule has 5 N–H and O–H groups in total. The number of nitrogens with one attached hydrogen (secondary N) is 1. The Kier molecular flexibility index (Phi) is 3.93. The van der Waals surface area contributed by atoms with Crippen molar-refractivity contribution < 1.29 is 9.59 Å². The largest absolute Gasteiger partial charge is 0.395 e. The van der Waals surface area contributed by atoms with Crippen LogP contribution in [0, 0.1) is 0 Å². The van der Waals surface area contributed by atoms with Crippen LogP contribution in [0.1, 0.15) is 33.5 Å². The number of benzene rings is 1. The number of nitrogen functional groups attached to an aromatic ring is 1. The number of aryl methyl sites for hydroxylation is 2. The molecular formula is C14H17N5O2. The molecule has 2 rings (SSSR count). The average Bonchev–Trinajstić information content (AvgIpc) is 2.73. The zero-order chi connectivity index (χ0) is 15.6. The topological polar surface area (TPSA) is 116 Å². The third-order valence-corrected chi connectivity index (χ3v) is 3.15. The summed E-state index contributed by atoms with van der Waals surface area (Å²) in [5.41, 5.74) is 13.0. The highest BCUT2D eigenvalue weighted by Crippen LogP contribution is 2.20. The Labute approximate surface area is 121 Å². The number of primary amides is 1. The maximum atomic E-state index is 12.4. The van der Waals surface area contributed by atoms with Crippen LogP contribution in [0.4, 0.5) is 11.4 Å². The first-order chi connectivity index (χ1) is 9.95. The van der Waals surface area contributed by atoms with Crippen LogP contribution < -0.4 is 16.8 Å². The van der Waals surface area contributed by atoms with Crippen LogP contribution in [-0.4, -0.2) is 21.6 Å². The lowest BCUT2D eigenvalue weighted by molar-refractivity contribution is 0.100. The maximum Gasteiger partial charge on any atom is 0.276 e. The summed E-state index contributed by atoms with van der Waals surface area (Å²) in [6, 6.07) is 6.52. The average molecular weight is 287 g/mol. The lowest BCUT2D eigenvalue weighted by atomic mass is 10.1. The van der Waals surface area contributed by atoms with Crippen molar-refractivity contribution >= 4 is 23.2 Å². The van der Waals surface area contributed by atoms with Crippen molar-refractivity contribution in [2.75, 3.05) is 11.1 Å². The normalized spacial score (nSPS) is 10.4. The molecule has 0 aliphatic rings. The van der Waals surface area contributed by atoms with Crippen molar-refractivity contribution in [3.8, 4) is 0 Å². The number of para-hydroxylation sites is 1. The summed E-state index contributed by atoms with van der Waals surface area (Å²) in [6.07, 6.45) is 0.630. The predicted octanol–water partition coefficient (Wildman–Crippen LogP) is 0.916. The number of carbonyl (C=O) groups excluding carboxylic acids is 2. The van der Waals surface area contributed by atoms with Gasteiger partial charge < -0.3 is 16.8 Å². The molecule has 1 heterocycles. The number of anilines is 2. The minimum Gasteiger partial charge on any atom is -0.395 e. The summed E-state index contributed by atoms with van der Waals surface area (Å²) in [5, 5.41) is 6.83. The Hall–Kier alpha value is -2.83. The minimum absolute atomic E-state index is 0.238. The zero-order valence-electron chi connectivity index (χ0n) is 11.9. The van der Waals surface area contributed by atoms with Gasteiger partial charge in [0.25, 0.3) is 11.8 Å². The molecule has 0 aliphatic carbocycles. The van der Waals surface area contributed by atoms with E-state index in [0.29, 0.717) is 23.5 Å². The van der Waals surface area contributed by atoms with Gasteiger partial charge in [-0.15, -0.1) is 0 Å². The van der Waals surface area contributed by atoms with E-state index in [0.717, 1.165) is 0 Å². The zero-order valence-corrected chi connectivity index (χ0v) is 11.9. The highest BCUT2D eigenvalue weighted by molar-refractivity contribution is 6.10. The molecule has 7 nitrogen and oxygen atoms in total. The van der Waals surface area contributed by atoms with Gasteiger partial charge in [0.2, 0.25) is 0 Å². The molecule has 2 aromatic rings. The van der Waals surface area contributed by atoms with Gasteiger partial charge in [-0.2, -0.15) is 5.10 Å². The first kappa shape index (κ1) is 14.6. The van der Waals surface area contributed by atoms with Crippen molar-refractivity contribution in [1.82, 2.24) is 9.78 Å². The van der Waals surface area contributed by atoms with Crippen LogP contribution in [0.2, 0.25) is 0 Å². The molecule has 0 saturated heterocycles. The molecule has 0 aliphatic heterocycles. The van der Waals surface area contributed by atoms with Gasteiger partial charge >= 0.3 is 0 Å². The monoisotopic (exact) mass is 287 g/mol. The second-order valence-electron chi connectivity index (χ2n) is 4.55. The lowest BCUT2D eigenvalue weighted by Gasteiger charge is -2.09. The van der Waals surface area contributed by atoms with E-state index in [1.54, 1.807) is 31.3 Å². The van der Waals surface area contributed by atoms with Crippen LogP contribution in [-0.2, 0) is 13.5 Å². The van der Waals surface area contributed by atoms with E-state index in [1.165, 1.54) is 4.68 Å². The molecule has 0 saturated carbocycles. The molecule has 7 heteroatoms. The van der Waals surface area contributed by atoms with E-state index in [4.69, 9.17) is 11.5 Å². The van der Waals surface area contributed by atoms with Gasteiger partial charge in [-0.25, -0.2) is 0 Å². The number of nitrogens with two attached hydrogens (primary N) is 2. The number of hydrogen-bond donors (Lipinski definition) is 3. The summed E-state index contributed by atoms with van der Waals surface area (Å²) < 4.78 is 1.43. The van der Waals surface area contributed by atoms with E-state index in [9.17, 15) is 9.59 Å². The molecule has 0 fully saturated rings. The van der Waals surface area contributed by atoms with E-state index < -0.39 is 11.8 Å². The van der Waals surface area contributed by atoms with Crippen molar-refractivity contribution in [3.05, 3.63) is 41.2 Å². The van der Waals surface area contributed by atoms with Gasteiger partial charge in [0, 0.05) is 7.05 Å². The van der Waals surface area contributed by atoms with Gasteiger partial charge in [0.15, 0.2) is 0 Å². The lowest BCUT2D eigenvalue weighted by Crippen LogP contribution is -2.21. The molecule has 21 heavy (non-hydrogen) atoms. The van der Waals surface area contributed by atoms with Crippen LogP contribution in [0.15, 0.2) is 24.3 Å². The first-order valence-corrected chi connectivity index (χ1v) is 6.47. The Balaban J connectivity index is 2.35. The molecule has 0 radical (unpaired) electrons. The highest BCUT2D eigenvalue weighted by atomic mass is 16.2. The maximum absolute atomic E-state index is 12.4. The van der Waals surface area contributed by atoms with E-state index >= 15 is 0 Å². The number of rotatable bonds is 4. The van der Waals surface area contributed by atoms with Gasteiger partial charge in [-0.3, -0.25) is 14.3 Å². The summed E-state index contributed by atoms with van der Waals surface area (Å²) in [5.74, 6) is -1.05. The second-order valence-corrected chi connectivity index (χ2v) is 4.55. The molecule has 1 aromatic carbocycles. The molecule has 0 spiro atoms. The van der Waals surface area contributed by atoms with Crippen molar-refractivity contribution in [2.24, 2.45) is 12.8 Å². The number of amides is 2. The van der Waals surface area contributed by atoms with Crippen LogP contribution in [0.5, 0.6) is 0 Å². The fraction of sp³-hybridized carbons (Fsp3) is 0.214. The predicted molar refractivity (Wildman–Crippen MR) is 79.9 cm³/mol. The van der Waals surface area contributed by atoms with E-state index in [2.05, 4.69) is 10.4 Å². The molecule has 1 aromatic heterocycles. The molecule has 0 bridgehead atoms. The van der Waals surface area contributed by atoms with Crippen molar-refractivity contribution in [3.63, 3.8) is 0 Å². The fourth-order valence-corrected chi connectivity index (χ4v) is 2.11. The summed E-state index contributed by atoms with van der Waals surface area (Å²) in [6.45, 7) is 1.91. The Morgan fingerprint density at radius 3 is 2.57 bits per heavy atom. The second kappa shape index (κ2) is 5.66. The SMILES string of the molecule is CCc1nn(C)c(C(=O)Nc2ccccc2C(N)=O)c1N. The Morgan fingerprint density at radius 1 is 1.33 bits per heavy atom. The standard InChI is InChI=1S/C14H17N5O2/c1-3-9-11(15)12(19(2)18-9)14(21)17-10-7-5-4-6-8(10)13(16)20/h4-7H,3,15H2,1-2H3,(H2,16,20)(H,17,21). The molecular weight excluding hydrogens is 270 g/mol. The van der Waals surface area contributed by atoms with Crippen molar-refractivity contribution in [1.29, 1.82) is 0 Å². The third-order valence-electron chi connectivity index (χ3n) is 3.15. The molecule has 2 amide bonds. The summed E-state index contributed by atoms with van der Waals surface area (Å²) >= 11 is 0. The summed E-state index contributed by atoms with van der Waals surface area (Å²) in [7, 11) is 1.64. The Morgan fingerprint density at radius 2 is 2.00 bits per heavy atom. The highest BCUT2D eigenvalue weighted by Gasteiger charge is 2.20. The first-order valence-electron chi connectivity index (χ1n) is 6.47. The van der Waals surface area contributed by atoms with Crippen molar-refractivity contribution in [2.45, 2.75) is 13.3 Å². The van der Waals surface area contributed by atoms with Gasteiger partial charge in [-0.05, 0) is 18.6 Å². The molecule has 0 unspecified atom stereocenters. The quantitative estimate of drug-likeness (QED) is 0.775. The van der Waals surface area contributed by atoms with Gasteiger partial charge in [-0.1, -0.05) is 19.1 Å². The minimum atomic E-state index is -0.613. The Bertz CT molecular complexity index is 705. The number of aromatic nitrogens is 2. The summed E-state index contributed by atoms with van der Waals surface area (Å²) in [4.78, 5) is 23.7. The number of carbonyl (C=O) groups is 2. The van der Waals surface area contributed by atoms with Gasteiger partial charge in [0.1, 0.15) is 5.69 Å². The fourth-order valence-electron chi connectivity index (χ4n) is 2.11. The number of nitrogens with zero attached hydrogens (tertiary/aromatic N) is 2. The van der Waals surface area contributed by atoms with Gasteiger partial charge in [0.05, 0.1) is 22.6 Å². The van der Waals surface area contributed by atoms with Crippen LogP contribution >= 0.6 is 0 Å². The smallest absolute Gasteiger partial charge is 0.276 e. The van der Waals surface area contributed by atoms with E-state index in [-0.39, 0.29) is 11.3 Å². The molecule has 110 valence electrons.